The van der Waals surface area contributed by atoms with Crippen LogP contribution in [0.1, 0.15) is 39.0 Å². The molecule has 2 fully saturated rings. The smallest absolute Gasteiger partial charge is 0.157 e. The first kappa shape index (κ1) is 15.3. The lowest BCUT2D eigenvalue weighted by Gasteiger charge is -2.43. The summed E-state index contributed by atoms with van der Waals surface area (Å²) in [5.74, 6) is 0. The molecule has 0 bridgehead atoms. The molecular weight excluding hydrogens is 276 g/mol. The van der Waals surface area contributed by atoms with Crippen molar-refractivity contribution in [2.24, 2.45) is 0 Å². The number of ether oxygens (including phenoxy) is 2. The van der Waals surface area contributed by atoms with Crippen molar-refractivity contribution in [2.75, 3.05) is 11.5 Å². The van der Waals surface area contributed by atoms with Crippen molar-refractivity contribution < 1.29 is 9.47 Å². The first-order valence-electron chi connectivity index (χ1n) is 8.28. The number of benzene rings is 1. The van der Waals surface area contributed by atoms with Gasteiger partial charge in [-0.05, 0) is 44.7 Å². The summed E-state index contributed by atoms with van der Waals surface area (Å²) in [6.45, 7) is 2.97. The van der Waals surface area contributed by atoms with Gasteiger partial charge in [-0.25, -0.2) is 0 Å². The van der Waals surface area contributed by atoms with Crippen molar-refractivity contribution in [3.05, 3.63) is 30.3 Å². The van der Waals surface area contributed by atoms with E-state index in [1.807, 2.05) is 18.2 Å². The van der Waals surface area contributed by atoms with Gasteiger partial charge in [0.1, 0.15) is 6.04 Å². The zero-order valence-electron chi connectivity index (χ0n) is 13.1. The number of hydrogen-bond donors (Lipinski definition) is 0. The molecule has 2 aliphatic heterocycles. The van der Waals surface area contributed by atoms with Gasteiger partial charge in [-0.2, -0.15) is 5.26 Å². The topological polar surface area (TPSA) is 45.5 Å². The van der Waals surface area contributed by atoms with Crippen LogP contribution in [0, 0.1) is 11.3 Å². The Morgan fingerprint density at radius 1 is 1.23 bits per heavy atom. The van der Waals surface area contributed by atoms with Crippen LogP contribution in [-0.2, 0) is 9.47 Å². The second-order valence-corrected chi connectivity index (χ2v) is 6.26. The quantitative estimate of drug-likeness (QED) is 0.857. The van der Waals surface area contributed by atoms with Gasteiger partial charge in [-0.3, -0.25) is 0 Å². The van der Waals surface area contributed by atoms with Crippen molar-refractivity contribution in [3.63, 3.8) is 0 Å². The van der Waals surface area contributed by atoms with Crippen LogP contribution in [0.15, 0.2) is 30.3 Å². The van der Waals surface area contributed by atoms with Crippen LogP contribution in [0.3, 0.4) is 0 Å². The van der Waals surface area contributed by atoms with Crippen LogP contribution in [0.2, 0.25) is 0 Å². The van der Waals surface area contributed by atoms with E-state index in [1.54, 1.807) is 0 Å². The maximum absolute atomic E-state index is 9.59. The maximum Gasteiger partial charge on any atom is 0.157 e. The first-order valence-corrected chi connectivity index (χ1v) is 8.28. The Kier molecular flexibility index (Phi) is 4.97. The number of nitrogens with zero attached hydrogens (tertiary/aromatic N) is 2. The lowest BCUT2D eigenvalue weighted by Crippen LogP contribution is -2.50. The van der Waals surface area contributed by atoms with Crippen molar-refractivity contribution in [1.29, 1.82) is 5.26 Å². The third-order valence-corrected chi connectivity index (χ3v) is 4.59. The summed E-state index contributed by atoms with van der Waals surface area (Å²) in [7, 11) is 0. The van der Waals surface area contributed by atoms with Crippen molar-refractivity contribution in [3.8, 4) is 6.07 Å². The molecule has 0 aliphatic carbocycles. The summed E-state index contributed by atoms with van der Waals surface area (Å²) in [6, 6.07) is 12.8. The molecule has 118 valence electrons. The number of anilines is 1. The van der Waals surface area contributed by atoms with E-state index in [-0.39, 0.29) is 24.5 Å². The molecule has 4 atom stereocenters. The monoisotopic (exact) mass is 300 g/mol. The molecule has 0 amide bonds. The predicted octanol–water partition coefficient (Wildman–Crippen LogP) is 3.48. The Balaban J connectivity index is 1.67. The molecule has 3 rings (SSSR count). The second-order valence-electron chi connectivity index (χ2n) is 6.26. The molecule has 0 spiro atoms. The Morgan fingerprint density at radius 2 is 2.05 bits per heavy atom. The molecule has 4 heteroatoms. The normalized spacial score (nSPS) is 32.5. The van der Waals surface area contributed by atoms with Crippen LogP contribution in [0.5, 0.6) is 0 Å². The molecule has 4 nitrogen and oxygen atoms in total. The van der Waals surface area contributed by atoms with Gasteiger partial charge in [0.05, 0.1) is 12.2 Å². The molecule has 2 unspecified atom stereocenters. The zero-order valence-corrected chi connectivity index (χ0v) is 13.1. The summed E-state index contributed by atoms with van der Waals surface area (Å²) in [6.07, 6.45) is 5.00. The van der Waals surface area contributed by atoms with E-state index in [0.29, 0.717) is 0 Å². The van der Waals surface area contributed by atoms with E-state index >= 15 is 0 Å². The predicted molar refractivity (Wildman–Crippen MR) is 85.5 cm³/mol. The molecule has 1 aromatic rings. The van der Waals surface area contributed by atoms with Crippen LogP contribution >= 0.6 is 0 Å². The average Bonchev–Trinajstić information content (AvgIpc) is 2.56. The lowest BCUT2D eigenvalue weighted by atomic mass is 9.93. The summed E-state index contributed by atoms with van der Waals surface area (Å²) < 4.78 is 11.8. The summed E-state index contributed by atoms with van der Waals surface area (Å²) in [5, 5.41) is 9.59. The van der Waals surface area contributed by atoms with Crippen LogP contribution in [0.25, 0.3) is 0 Å². The summed E-state index contributed by atoms with van der Waals surface area (Å²) >= 11 is 0. The van der Waals surface area contributed by atoms with E-state index in [2.05, 4.69) is 30.0 Å². The molecule has 22 heavy (non-hydrogen) atoms. The zero-order chi connectivity index (χ0) is 15.4. The highest BCUT2D eigenvalue weighted by Gasteiger charge is 2.35. The van der Waals surface area contributed by atoms with E-state index in [1.165, 1.54) is 6.42 Å². The van der Waals surface area contributed by atoms with Gasteiger partial charge in [0.2, 0.25) is 0 Å². The Labute approximate surface area is 132 Å². The molecule has 0 N–H and O–H groups in total. The van der Waals surface area contributed by atoms with Gasteiger partial charge < -0.3 is 14.4 Å². The lowest BCUT2D eigenvalue weighted by molar-refractivity contribution is -0.193. The minimum Gasteiger partial charge on any atom is -0.353 e. The SMILES string of the molecule is C[C@H]1C[C@@H](OC2CCCCO2)CC(C#N)N1c1ccccc1. The number of para-hydroxylation sites is 1. The average molecular weight is 300 g/mol. The molecule has 0 saturated carbocycles. The molecular formula is C18H24N2O2. The van der Waals surface area contributed by atoms with Crippen molar-refractivity contribution >= 4 is 5.69 Å². The number of piperidine rings is 1. The van der Waals surface area contributed by atoms with Crippen LogP contribution < -0.4 is 4.90 Å². The second kappa shape index (κ2) is 7.13. The number of nitriles is 1. The van der Waals surface area contributed by atoms with Crippen LogP contribution in [-0.4, -0.2) is 31.1 Å². The van der Waals surface area contributed by atoms with Gasteiger partial charge >= 0.3 is 0 Å². The van der Waals surface area contributed by atoms with Gasteiger partial charge in [0.15, 0.2) is 6.29 Å². The van der Waals surface area contributed by atoms with Gasteiger partial charge in [-0.1, -0.05) is 18.2 Å². The Hall–Kier alpha value is -1.57. The molecule has 2 saturated heterocycles. The fraction of sp³-hybridized carbons (Fsp3) is 0.611. The van der Waals surface area contributed by atoms with E-state index < -0.39 is 0 Å². The highest BCUT2D eigenvalue weighted by molar-refractivity contribution is 5.50. The van der Waals surface area contributed by atoms with Gasteiger partial charge in [-0.15, -0.1) is 0 Å². The molecule has 2 aliphatic rings. The Bertz CT molecular complexity index is 508. The Morgan fingerprint density at radius 3 is 2.73 bits per heavy atom. The fourth-order valence-corrected chi connectivity index (χ4v) is 3.55. The number of hydrogen-bond acceptors (Lipinski definition) is 4. The van der Waals surface area contributed by atoms with Crippen LogP contribution in [0.4, 0.5) is 5.69 Å². The third kappa shape index (κ3) is 3.43. The summed E-state index contributed by atoms with van der Waals surface area (Å²) in [4.78, 5) is 2.22. The van der Waals surface area contributed by atoms with E-state index in [9.17, 15) is 5.26 Å². The van der Waals surface area contributed by atoms with Gasteiger partial charge in [0, 0.05) is 24.8 Å². The molecule has 0 radical (unpaired) electrons. The third-order valence-electron chi connectivity index (χ3n) is 4.59. The molecule has 0 aromatic heterocycles. The minimum atomic E-state index is -0.139. The van der Waals surface area contributed by atoms with Gasteiger partial charge in [0.25, 0.3) is 0 Å². The number of rotatable bonds is 3. The largest absolute Gasteiger partial charge is 0.353 e. The maximum atomic E-state index is 9.59. The summed E-state index contributed by atoms with van der Waals surface area (Å²) in [5.41, 5.74) is 1.12. The van der Waals surface area contributed by atoms with E-state index in [0.717, 1.165) is 38.0 Å². The van der Waals surface area contributed by atoms with Crippen molar-refractivity contribution in [1.82, 2.24) is 0 Å². The molecule has 1 aromatic carbocycles. The van der Waals surface area contributed by atoms with Crippen molar-refractivity contribution in [2.45, 2.75) is 63.5 Å². The first-order chi connectivity index (χ1) is 10.8. The minimum absolute atomic E-state index is 0.0754. The highest BCUT2D eigenvalue weighted by atomic mass is 16.7. The molecule has 2 heterocycles. The standard InChI is InChI=1S/C18H24N2O2/c1-14-11-17(22-18-9-5-6-10-21-18)12-16(13-19)20(14)15-7-3-2-4-8-15/h2-4,7-8,14,16-18H,5-6,9-12H2,1H3/t14-,16?,17+,18?/m0/s1. The van der Waals surface area contributed by atoms with E-state index in [4.69, 9.17) is 9.47 Å². The fourth-order valence-electron chi connectivity index (χ4n) is 3.55. The highest BCUT2D eigenvalue weighted by Crippen LogP contribution is 2.31.